The van der Waals surface area contributed by atoms with Gasteiger partial charge in [-0.3, -0.25) is 0 Å². The number of rotatable bonds is 3. The minimum absolute atomic E-state index is 0.214. The van der Waals surface area contributed by atoms with Gasteiger partial charge in [-0.2, -0.15) is 8.42 Å². The zero-order chi connectivity index (χ0) is 11.4. The highest BCUT2D eigenvalue weighted by atomic mass is 32.2. The summed E-state index contributed by atoms with van der Waals surface area (Å²) >= 11 is 0. The van der Waals surface area contributed by atoms with Gasteiger partial charge in [0, 0.05) is 6.07 Å². The highest BCUT2D eigenvalue weighted by Gasteiger charge is 2.15. The Bertz CT molecular complexity index is 555. The Morgan fingerprint density at radius 2 is 1.88 bits per heavy atom. The van der Waals surface area contributed by atoms with E-state index in [0.717, 1.165) is 0 Å². The molecule has 0 aliphatic rings. The molecule has 5 nitrogen and oxygen atoms in total. The third kappa shape index (κ3) is 2.34. The average Bonchev–Trinajstić information content (AvgIpc) is 2.31. The van der Waals surface area contributed by atoms with Crippen molar-refractivity contribution in [3.63, 3.8) is 0 Å². The number of benzene rings is 1. The average molecular weight is 236 g/mol. The van der Waals surface area contributed by atoms with Crippen molar-refractivity contribution in [3.8, 4) is 0 Å². The second-order valence-electron chi connectivity index (χ2n) is 3.07. The Kier molecular flexibility index (Phi) is 2.82. The molecular weight excluding hydrogens is 226 g/mol. The van der Waals surface area contributed by atoms with Crippen LogP contribution >= 0.6 is 0 Å². The summed E-state index contributed by atoms with van der Waals surface area (Å²) in [5.41, 5.74) is 0. The van der Waals surface area contributed by atoms with Crippen molar-refractivity contribution in [2.75, 3.05) is 4.83 Å². The van der Waals surface area contributed by atoms with E-state index >= 15 is 0 Å². The molecule has 16 heavy (non-hydrogen) atoms. The number of hydrogen-bond donors (Lipinski definition) is 1. The van der Waals surface area contributed by atoms with E-state index in [1.165, 1.54) is 23.1 Å². The summed E-state index contributed by atoms with van der Waals surface area (Å²) in [6, 6.07) is 9.78. The van der Waals surface area contributed by atoms with Crippen LogP contribution in [-0.2, 0) is 10.0 Å². The lowest BCUT2D eigenvalue weighted by atomic mass is 10.4. The zero-order valence-corrected chi connectivity index (χ0v) is 9.13. The second-order valence-corrected chi connectivity index (χ2v) is 4.73. The van der Waals surface area contributed by atoms with E-state index in [1.54, 1.807) is 36.7 Å². The Labute approximate surface area is 93.4 Å². The van der Waals surface area contributed by atoms with Crippen LogP contribution in [0, 0.1) is 0 Å². The largest absolute Gasteiger partial charge is 0.309 e. The van der Waals surface area contributed by atoms with Gasteiger partial charge in [-0.15, -0.1) is 9.51 Å². The van der Waals surface area contributed by atoms with E-state index in [2.05, 4.69) is 9.82 Å². The van der Waals surface area contributed by atoms with Gasteiger partial charge in [0.2, 0.25) is 0 Å². The van der Waals surface area contributed by atoms with Crippen LogP contribution in [0.15, 0.2) is 60.0 Å². The molecule has 0 atom stereocenters. The molecule has 0 aliphatic carbocycles. The predicted molar refractivity (Wildman–Crippen MR) is 57.4 cm³/mol. The maximum atomic E-state index is 11.8. The molecule has 0 aliphatic heterocycles. The van der Waals surface area contributed by atoms with E-state index in [4.69, 9.17) is 0 Å². The van der Waals surface area contributed by atoms with Crippen molar-refractivity contribution in [3.05, 3.63) is 55.1 Å². The topological polar surface area (TPSA) is 62.9 Å². The highest BCUT2D eigenvalue weighted by molar-refractivity contribution is 7.92. The van der Waals surface area contributed by atoms with E-state index in [-0.39, 0.29) is 4.90 Å². The van der Waals surface area contributed by atoms with Crippen LogP contribution in [0.5, 0.6) is 0 Å². The molecule has 0 saturated carbocycles. The van der Waals surface area contributed by atoms with Crippen LogP contribution in [0.25, 0.3) is 0 Å². The molecule has 2 aromatic rings. The van der Waals surface area contributed by atoms with Crippen LogP contribution < -0.4 is 9.51 Å². The van der Waals surface area contributed by atoms with Crippen LogP contribution in [-0.4, -0.2) is 13.4 Å². The first-order valence-electron chi connectivity index (χ1n) is 4.58. The van der Waals surface area contributed by atoms with Crippen LogP contribution in [0.2, 0.25) is 0 Å². The molecule has 82 valence electrons. The van der Waals surface area contributed by atoms with Gasteiger partial charge in [0.05, 0.1) is 4.90 Å². The number of nitrogens with one attached hydrogen (secondary N) is 1. The summed E-state index contributed by atoms with van der Waals surface area (Å²) < 4.78 is 25.0. The molecule has 1 aromatic carbocycles. The molecule has 6 heteroatoms. The first-order chi connectivity index (χ1) is 7.68. The van der Waals surface area contributed by atoms with Crippen molar-refractivity contribution in [2.24, 2.45) is 0 Å². The fourth-order valence-electron chi connectivity index (χ4n) is 1.17. The van der Waals surface area contributed by atoms with Gasteiger partial charge in [0.25, 0.3) is 10.0 Å². The maximum absolute atomic E-state index is 11.8. The molecule has 0 radical (unpaired) electrons. The van der Waals surface area contributed by atoms with Gasteiger partial charge in [-0.25, -0.2) is 0 Å². The summed E-state index contributed by atoms with van der Waals surface area (Å²) in [5, 5.41) is 0. The number of aromatic nitrogens is 2. The summed E-state index contributed by atoms with van der Waals surface area (Å²) in [7, 11) is -3.54. The third-order valence-corrected chi connectivity index (χ3v) is 3.23. The van der Waals surface area contributed by atoms with Crippen molar-refractivity contribution in [2.45, 2.75) is 4.90 Å². The van der Waals surface area contributed by atoms with Gasteiger partial charge in [-0.05, 0) is 12.1 Å². The Morgan fingerprint density at radius 3 is 2.50 bits per heavy atom. The van der Waals surface area contributed by atoms with Gasteiger partial charge in [0.1, 0.15) is 12.4 Å². The number of hydrogen-bond acceptors (Lipinski definition) is 3. The van der Waals surface area contributed by atoms with Crippen molar-refractivity contribution in [1.82, 2.24) is 4.98 Å². The summed E-state index contributed by atoms with van der Waals surface area (Å²) in [6.45, 7) is 0. The molecule has 0 unspecified atom stereocenters. The van der Waals surface area contributed by atoms with Gasteiger partial charge >= 0.3 is 6.33 Å². The van der Waals surface area contributed by atoms with E-state index in [9.17, 15) is 8.42 Å². The number of sulfonamides is 1. The van der Waals surface area contributed by atoms with E-state index < -0.39 is 10.0 Å². The molecule has 1 N–H and O–H groups in total. The molecule has 0 amide bonds. The van der Waals surface area contributed by atoms with Gasteiger partial charge in [0.15, 0.2) is 0 Å². The lowest BCUT2D eigenvalue weighted by molar-refractivity contribution is -0.640. The first-order valence-corrected chi connectivity index (χ1v) is 6.06. The summed E-state index contributed by atoms with van der Waals surface area (Å²) in [6.07, 6.45) is 4.50. The Morgan fingerprint density at radius 1 is 1.12 bits per heavy atom. The van der Waals surface area contributed by atoms with Gasteiger partial charge < -0.3 is 0 Å². The second kappa shape index (κ2) is 4.28. The smallest absolute Gasteiger partial charge is 0.198 e. The summed E-state index contributed by atoms with van der Waals surface area (Å²) in [5.74, 6) is 0. The molecule has 0 fully saturated rings. The molecule has 1 aromatic heterocycles. The van der Waals surface area contributed by atoms with Crippen LogP contribution in [0.1, 0.15) is 0 Å². The quantitative estimate of drug-likeness (QED) is 0.780. The third-order valence-electron chi connectivity index (χ3n) is 1.89. The van der Waals surface area contributed by atoms with Crippen LogP contribution in [0.3, 0.4) is 0 Å². The predicted octanol–water partition coefficient (Wildman–Crippen LogP) is 0.301. The van der Waals surface area contributed by atoms with E-state index in [0.29, 0.717) is 0 Å². The van der Waals surface area contributed by atoms with Crippen molar-refractivity contribution in [1.29, 1.82) is 0 Å². The monoisotopic (exact) mass is 236 g/mol. The Balaban J connectivity index is 2.29. The molecule has 0 saturated heterocycles. The fraction of sp³-hybridized carbons (Fsp3) is 0. The molecule has 0 bridgehead atoms. The van der Waals surface area contributed by atoms with Crippen molar-refractivity contribution < 1.29 is 13.1 Å². The lowest BCUT2D eigenvalue weighted by Gasteiger charge is -2.04. The molecule has 2 rings (SSSR count). The minimum Gasteiger partial charge on any atom is -0.198 e. The molecule has 1 heterocycles. The van der Waals surface area contributed by atoms with Crippen molar-refractivity contribution >= 4 is 10.0 Å². The minimum atomic E-state index is -3.54. The molecular formula is C10H10N3O2S+. The fourth-order valence-corrected chi connectivity index (χ4v) is 2.18. The number of nitrogens with zero attached hydrogens (tertiary/aromatic N) is 2. The normalized spacial score (nSPS) is 11.0. The van der Waals surface area contributed by atoms with E-state index in [1.807, 2.05) is 0 Å². The standard InChI is InChI=1S/C10H10N3O2S/c14-16(15,10-5-2-1-3-6-10)12-13-8-4-7-11-9-13/h1-9,12H/q+1. The highest BCUT2D eigenvalue weighted by Crippen LogP contribution is 2.06. The Hall–Kier alpha value is -1.95. The summed E-state index contributed by atoms with van der Waals surface area (Å²) in [4.78, 5) is 6.37. The molecule has 0 spiro atoms. The SMILES string of the molecule is O=S(=O)(N[n+]1cccnc1)c1ccccc1. The van der Waals surface area contributed by atoms with Crippen LogP contribution in [0.4, 0.5) is 0 Å². The lowest BCUT2D eigenvalue weighted by Crippen LogP contribution is -2.47. The zero-order valence-electron chi connectivity index (χ0n) is 8.32. The maximum Gasteiger partial charge on any atom is 0.309 e. The van der Waals surface area contributed by atoms with Gasteiger partial charge in [-0.1, -0.05) is 23.2 Å². The first kappa shape index (κ1) is 10.6.